The second-order valence-electron chi connectivity index (χ2n) is 6.88. The molecule has 1 heterocycles. The standard InChI is InChI=1S/C21H28O8S/c1-6-25-16-8-7-9-17(10-16)30-21-20(28-15(5)24)12(2)19(27-14(4)23)18(29-21)11-26-13(3)22/h7-10,12,18-21H,6,11H2,1-5H3/t12?,18?,19-,20?,21-/m1/s1. The van der Waals surface area contributed by atoms with Crippen LogP contribution in [-0.4, -0.2) is 54.9 Å². The monoisotopic (exact) mass is 440 g/mol. The smallest absolute Gasteiger partial charge is 0.303 e. The van der Waals surface area contributed by atoms with Crippen LogP contribution in [0.2, 0.25) is 0 Å². The van der Waals surface area contributed by atoms with Crippen LogP contribution in [0.5, 0.6) is 5.75 Å². The lowest BCUT2D eigenvalue weighted by molar-refractivity contribution is -0.212. The number of esters is 3. The molecule has 3 unspecified atom stereocenters. The summed E-state index contributed by atoms with van der Waals surface area (Å²) in [6, 6.07) is 7.47. The van der Waals surface area contributed by atoms with Gasteiger partial charge in [-0.25, -0.2) is 0 Å². The fourth-order valence-electron chi connectivity index (χ4n) is 3.20. The zero-order valence-corrected chi connectivity index (χ0v) is 18.6. The molecule has 0 radical (unpaired) electrons. The number of benzene rings is 1. The van der Waals surface area contributed by atoms with Crippen molar-refractivity contribution in [1.29, 1.82) is 0 Å². The highest BCUT2D eigenvalue weighted by atomic mass is 32.2. The molecule has 0 bridgehead atoms. The zero-order chi connectivity index (χ0) is 22.3. The minimum atomic E-state index is -0.738. The molecule has 1 aliphatic heterocycles. The summed E-state index contributed by atoms with van der Waals surface area (Å²) in [4.78, 5) is 35.5. The Balaban J connectivity index is 2.29. The van der Waals surface area contributed by atoms with Gasteiger partial charge in [-0.05, 0) is 25.1 Å². The first kappa shape index (κ1) is 24.0. The Kier molecular flexibility index (Phi) is 8.98. The molecular formula is C21H28O8S. The molecule has 5 atom stereocenters. The summed E-state index contributed by atoms with van der Waals surface area (Å²) < 4.78 is 27.8. The molecule has 2 rings (SSSR count). The third kappa shape index (κ3) is 6.91. The van der Waals surface area contributed by atoms with Crippen molar-refractivity contribution in [2.24, 2.45) is 5.92 Å². The Morgan fingerprint density at radius 3 is 2.30 bits per heavy atom. The highest BCUT2D eigenvalue weighted by Gasteiger charge is 2.48. The maximum absolute atomic E-state index is 11.7. The number of hydrogen-bond acceptors (Lipinski definition) is 9. The molecule has 0 saturated carbocycles. The minimum absolute atomic E-state index is 0.0829. The molecule has 166 valence electrons. The molecule has 8 nitrogen and oxygen atoms in total. The van der Waals surface area contributed by atoms with Crippen molar-refractivity contribution in [2.45, 2.75) is 63.3 Å². The van der Waals surface area contributed by atoms with E-state index in [1.807, 2.05) is 38.1 Å². The Bertz CT molecular complexity index is 750. The number of hydrogen-bond donors (Lipinski definition) is 0. The zero-order valence-electron chi connectivity index (χ0n) is 17.8. The maximum atomic E-state index is 11.7. The Labute approximate surface area is 180 Å². The van der Waals surface area contributed by atoms with E-state index >= 15 is 0 Å². The molecule has 1 fully saturated rings. The van der Waals surface area contributed by atoms with E-state index < -0.39 is 41.7 Å². The van der Waals surface area contributed by atoms with E-state index in [-0.39, 0.29) is 12.5 Å². The maximum Gasteiger partial charge on any atom is 0.303 e. The summed E-state index contributed by atoms with van der Waals surface area (Å²) in [7, 11) is 0. The van der Waals surface area contributed by atoms with Gasteiger partial charge in [0.1, 0.15) is 36.1 Å². The van der Waals surface area contributed by atoms with Crippen molar-refractivity contribution in [2.75, 3.05) is 13.2 Å². The van der Waals surface area contributed by atoms with Gasteiger partial charge in [-0.2, -0.15) is 0 Å². The number of carbonyl (C=O) groups is 3. The molecule has 0 N–H and O–H groups in total. The van der Waals surface area contributed by atoms with Gasteiger partial charge in [-0.1, -0.05) is 24.8 Å². The number of carbonyl (C=O) groups excluding carboxylic acids is 3. The minimum Gasteiger partial charge on any atom is -0.494 e. The predicted molar refractivity (Wildman–Crippen MR) is 109 cm³/mol. The molecule has 1 saturated heterocycles. The van der Waals surface area contributed by atoms with Crippen molar-refractivity contribution < 1.29 is 38.1 Å². The number of thioether (sulfide) groups is 1. The molecular weight excluding hydrogens is 412 g/mol. The molecule has 1 aromatic carbocycles. The molecule has 1 aromatic rings. The molecule has 1 aliphatic rings. The van der Waals surface area contributed by atoms with Crippen molar-refractivity contribution in [1.82, 2.24) is 0 Å². The third-order valence-corrected chi connectivity index (χ3v) is 5.54. The normalized spacial score (nSPS) is 25.8. The average Bonchev–Trinajstić information content (AvgIpc) is 2.65. The second kappa shape index (κ2) is 11.2. The highest BCUT2D eigenvalue weighted by molar-refractivity contribution is 7.99. The molecule has 0 spiro atoms. The fraction of sp³-hybridized carbons (Fsp3) is 0.571. The van der Waals surface area contributed by atoms with Crippen LogP contribution in [0, 0.1) is 5.92 Å². The summed E-state index contributed by atoms with van der Waals surface area (Å²) in [6.07, 6.45) is -2.12. The van der Waals surface area contributed by atoms with E-state index in [9.17, 15) is 14.4 Å². The van der Waals surface area contributed by atoms with E-state index in [2.05, 4.69) is 0 Å². The Morgan fingerprint density at radius 2 is 1.70 bits per heavy atom. The number of rotatable bonds is 8. The second-order valence-corrected chi connectivity index (χ2v) is 8.05. The molecule has 0 aromatic heterocycles. The lowest BCUT2D eigenvalue weighted by Crippen LogP contribution is -2.56. The van der Waals surface area contributed by atoms with Crippen molar-refractivity contribution in [3.05, 3.63) is 24.3 Å². The van der Waals surface area contributed by atoms with Crippen LogP contribution in [-0.2, 0) is 33.3 Å². The largest absolute Gasteiger partial charge is 0.494 e. The number of ether oxygens (including phenoxy) is 5. The van der Waals surface area contributed by atoms with Gasteiger partial charge in [0, 0.05) is 31.6 Å². The average molecular weight is 441 g/mol. The van der Waals surface area contributed by atoms with Crippen molar-refractivity contribution in [3.8, 4) is 5.75 Å². The highest BCUT2D eigenvalue weighted by Crippen LogP contribution is 2.39. The van der Waals surface area contributed by atoms with Gasteiger partial charge in [-0.3, -0.25) is 14.4 Å². The van der Waals surface area contributed by atoms with E-state index in [0.29, 0.717) is 12.4 Å². The SMILES string of the molecule is CCOc1cccc(S[C@H]2OC(COC(C)=O)[C@H](OC(C)=O)C(C)C2OC(C)=O)c1. The summed E-state index contributed by atoms with van der Waals surface area (Å²) in [5.74, 6) is -1.11. The van der Waals surface area contributed by atoms with Gasteiger partial charge in [0.25, 0.3) is 0 Å². The Morgan fingerprint density at radius 1 is 1.03 bits per heavy atom. The molecule has 9 heteroatoms. The van der Waals surface area contributed by atoms with Crippen LogP contribution >= 0.6 is 11.8 Å². The van der Waals surface area contributed by atoms with Gasteiger partial charge >= 0.3 is 17.9 Å². The first-order chi connectivity index (χ1) is 14.2. The molecule has 0 amide bonds. The third-order valence-electron chi connectivity index (χ3n) is 4.40. The first-order valence-electron chi connectivity index (χ1n) is 9.74. The summed E-state index contributed by atoms with van der Waals surface area (Å²) >= 11 is 1.36. The topological polar surface area (TPSA) is 97.4 Å². The van der Waals surface area contributed by atoms with Crippen LogP contribution < -0.4 is 4.74 Å². The van der Waals surface area contributed by atoms with Gasteiger partial charge in [0.2, 0.25) is 0 Å². The Hall–Kier alpha value is -2.26. The summed E-state index contributed by atoms with van der Waals surface area (Å²) in [6.45, 7) is 8.06. The van der Waals surface area contributed by atoms with Gasteiger partial charge in [0.05, 0.1) is 6.61 Å². The van der Waals surface area contributed by atoms with E-state index in [1.165, 1.54) is 32.5 Å². The lowest BCUT2D eigenvalue weighted by Gasteiger charge is -2.43. The first-order valence-corrected chi connectivity index (χ1v) is 10.6. The van der Waals surface area contributed by atoms with Crippen LogP contribution in [0.1, 0.15) is 34.6 Å². The van der Waals surface area contributed by atoms with Crippen LogP contribution in [0.25, 0.3) is 0 Å². The fourth-order valence-corrected chi connectivity index (χ4v) is 4.44. The molecule has 30 heavy (non-hydrogen) atoms. The van der Waals surface area contributed by atoms with Crippen LogP contribution in [0.4, 0.5) is 0 Å². The summed E-state index contributed by atoms with van der Waals surface area (Å²) in [5.41, 5.74) is -0.604. The van der Waals surface area contributed by atoms with E-state index in [0.717, 1.165) is 4.90 Å². The van der Waals surface area contributed by atoms with Gasteiger partial charge < -0.3 is 23.7 Å². The quantitative estimate of drug-likeness (QED) is 0.446. The summed E-state index contributed by atoms with van der Waals surface area (Å²) in [5, 5.41) is 0. The molecule has 0 aliphatic carbocycles. The van der Waals surface area contributed by atoms with Gasteiger partial charge in [0.15, 0.2) is 0 Å². The van der Waals surface area contributed by atoms with Crippen LogP contribution in [0.3, 0.4) is 0 Å². The van der Waals surface area contributed by atoms with Gasteiger partial charge in [-0.15, -0.1) is 0 Å². The predicted octanol–water partition coefficient (Wildman–Crippen LogP) is 2.96. The van der Waals surface area contributed by atoms with Crippen LogP contribution in [0.15, 0.2) is 29.2 Å². The van der Waals surface area contributed by atoms with Crippen molar-refractivity contribution >= 4 is 29.7 Å². The van der Waals surface area contributed by atoms with E-state index in [1.54, 1.807) is 0 Å². The van der Waals surface area contributed by atoms with E-state index in [4.69, 9.17) is 23.7 Å². The lowest BCUT2D eigenvalue weighted by atomic mass is 9.91. The van der Waals surface area contributed by atoms with Crippen molar-refractivity contribution in [3.63, 3.8) is 0 Å².